The zero-order valence-corrected chi connectivity index (χ0v) is 14.7. The Morgan fingerprint density at radius 1 is 1.43 bits per heavy atom. The van der Waals surface area contributed by atoms with Crippen LogP contribution in [-0.4, -0.2) is 38.0 Å². The van der Waals surface area contributed by atoms with Gasteiger partial charge in [-0.15, -0.1) is 0 Å². The first-order chi connectivity index (χ1) is 10.9. The molecule has 2 atom stereocenters. The molecule has 1 aliphatic heterocycles. The van der Waals surface area contributed by atoms with Crippen molar-refractivity contribution in [2.24, 2.45) is 0 Å². The molecule has 1 aromatic rings. The third-order valence-corrected chi connectivity index (χ3v) is 4.20. The van der Waals surface area contributed by atoms with Crippen LogP contribution in [0.3, 0.4) is 0 Å². The van der Waals surface area contributed by atoms with E-state index in [4.69, 9.17) is 21.1 Å². The van der Waals surface area contributed by atoms with E-state index in [1.54, 1.807) is 19.2 Å². The Bertz CT molecular complexity index is 519. The van der Waals surface area contributed by atoms with Crippen molar-refractivity contribution < 1.29 is 14.3 Å². The smallest absolute Gasteiger partial charge is 0.315 e. The molecule has 0 aromatic heterocycles. The maximum Gasteiger partial charge on any atom is 0.315 e. The molecule has 2 N–H and O–H groups in total. The summed E-state index contributed by atoms with van der Waals surface area (Å²) in [5.74, 6) is 0. The summed E-state index contributed by atoms with van der Waals surface area (Å²) in [6, 6.07) is 7.11. The number of carbonyl (C=O) groups excluding carboxylic acids is 1. The molecule has 1 fully saturated rings. The van der Waals surface area contributed by atoms with Gasteiger partial charge in [-0.1, -0.05) is 23.7 Å². The fourth-order valence-corrected chi connectivity index (χ4v) is 2.95. The first-order valence-corrected chi connectivity index (χ1v) is 8.23. The third kappa shape index (κ3) is 5.68. The summed E-state index contributed by atoms with van der Waals surface area (Å²) in [4.78, 5) is 12.3. The zero-order valence-electron chi connectivity index (χ0n) is 13.9. The molecular formula is C17H25ClN2O3. The van der Waals surface area contributed by atoms with Crippen molar-refractivity contribution in [3.05, 3.63) is 34.9 Å². The highest BCUT2D eigenvalue weighted by Crippen LogP contribution is 2.24. The second-order valence-corrected chi connectivity index (χ2v) is 6.91. The van der Waals surface area contributed by atoms with Gasteiger partial charge in [0.05, 0.1) is 18.2 Å². The van der Waals surface area contributed by atoms with E-state index in [1.165, 1.54) is 0 Å². The minimum Gasteiger partial charge on any atom is -0.382 e. The Labute approximate surface area is 142 Å². The Hall–Kier alpha value is -1.30. The Morgan fingerprint density at radius 2 is 2.13 bits per heavy atom. The van der Waals surface area contributed by atoms with E-state index in [0.29, 0.717) is 18.2 Å². The van der Waals surface area contributed by atoms with Crippen molar-refractivity contribution in [2.45, 2.75) is 44.4 Å². The number of rotatable bonds is 5. The van der Waals surface area contributed by atoms with Gasteiger partial charge in [-0.05, 0) is 44.4 Å². The van der Waals surface area contributed by atoms with Crippen LogP contribution < -0.4 is 10.6 Å². The minimum atomic E-state index is -0.217. The SMILES string of the molecule is COC[C@@H](NC(=O)N[C@@H]1CCOC(C)(C)C1)c1ccc(Cl)cc1. The highest BCUT2D eigenvalue weighted by atomic mass is 35.5. The van der Waals surface area contributed by atoms with Gasteiger partial charge in [-0.3, -0.25) is 0 Å². The fourth-order valence-electron chi connectivity index (χ4n) is 2.82. The van der Waals surface area contributed by atoms with Crippen LogP contribution in [-0.2, 0) is 9.47 Å². The van der Waals surface area contributed by atoms with E-state index in [9.17, 15) is 4.79 Å². The molecule has 1 aliphatic rings. The van der Waals surface area contributed by atoms with Crippen LogP contribution in [0.5, 0.6) is 0 Å². The largest absolute Gasteiger partial charge is 0.382 e. The van der Waals surface area contributed by atoms with Crippen LogP contribution in [0, 0.1) is 0 Å². The van der Waals surface area contributed by atoms with Gasteiger partial charge < -0.3 is 20.1 Å². The van der Waals surface area contributed by atoms with Gasteiger partial charge in [0.1, 0.15) is 0 Å². The third-order valence-electron chi connectivity index (χ3n) is 3.94. The van der Waals surface area contributed by atoms with Gasteiger partial charge in [-0.25, -0.2) is 4.79 Å². The van der Waals surface area contributed by atoms with Crippen LogP contribution in [0.4, 0.5) is 4.79 Å². The number of hydrogen-bond donors (Lipinski definition) is 2. The maximum atomic E-state index is 12.3. The zero-order chi connectivity index (χ0) is 16.9. The van der Waals surface area contributed by atoms with Gasteiger partial charge in [0.15, 0.2) is 0 Å². The van der Waals surface area contributed by atoms with Crippen molar-refractivity contribution in [1.29, 1.82) is 0 Å². The average Bonchev–Trinajstić information content (AvgIpc) is 2.46. The maximum absolute atomic E-state index is 12.3. The summed E-state index contributed by atoms with van der Waals surface area (Å²) in [6.45, 7) is 5.14. The van der Waals surface area contributed by atoms with E-state index < -0.39 is 0 Å². The summed E-state index contributed by atoms with van der Waals surface area (Å²) >= 11 is 5.91. The van der Waals surface area contributed by atoms with Crippen LogP contribution in [0.2, 0.25) is 5.02 Å². The molecule has 5 nitrogen and oxygen atoms in total. The summed E-state index contributed by atoms with van der Waals surface area (Å²) < 4.78 is 10.9. The lowest BCUT2D eigenvalue weighted by atomic mass is 9.94. The van der Waals surface area contributed by atoms with E-state index in [-0.39, 0.29) is 23.7 Å². The number of ether oxygens (including phenoxy) is 2. The molecule has 0 unspecified atom stereocenters. The number of benzene rings is 1. The van der Waals surface area contributed by atoms with E-state index >= 15 is 0 Å². The number of urea groups is 1. The predicted octanol–water partition coefficient (Wildman–Crippen LogP) is 3.28. The first kappa shape index (κ1) is 18.0. The van der Waals surface area contributed by atoms with E-state index in [0.717, 1.165) is 18.4 Å². The van der Waals surface area contributed by atoms with Crippen LogP contribution >= 0.6 is 11.6 Å². The molecule has 1 aromatic carbocycles. The van der Waals surface area contributed by atoms with Gasteiger partial charge in [0.25, 0.3) is 0 Å². The Balaban J connectivity index is 1.94. The molecule has 0 saturated carbocycles. The van der Waals surface area contributed by atoms with E-state index in [2.05, 4.69) is 10.6 Å². The number of amides is 2. The van der Waals surface area contributed by atoms with Gasteiger partial charge in [0.2, 0.25) is 0 Å². The molecule has 6 heteroatoms. The first-order valence-electron chi connectivity index (χ1n) is 7.85. The molecule has 23 heavy (non-hydrogen) atoms. The summed E-state index contributed by atoms with van der Waals surface area (Å²) in [5, 5.41) is 6.67. The fraction of sp³-hybridized carbons (Fsp3) is 0.588. The van der Waals surface area contributed by atoms with Crippen LogP contribution in [0.1, 0.15) is 38.3 Å². The highest BCUT2D eigenvalue weighted by molar-refractivity contribution is 6.30. The molecular weight excluding hydrogens is 316 g/mol. The molecule has 1 saturated heterocycles. The second kappa shape index (κ2) is 7.99. The molecule has 2 rings (SSSR count). The minimum absolute atomic E-state index is 0.118. The predicted molar refractivity (Wildman–Crippen MR) is 90.8 cm³/mol. The number of halogens is 1. The summed E-state index contributed by atoms with van der Waals surface area (Å²) in [5.41, 5.74) is 0.761. The summed E-state index contributed by atoms with van der Waals surface area (Å²) in [7, 11) is 1.61. The normalized spacial score (nSPS) is 21.5. The molecule has 0 aliphatic carbocycles. The monoisotopic (exact) mass is 340 g/mol. The summed E-state index contributed by atoms with van der Waals surface area (Å²) in [6.07, 6.45) is 1.63. The van der Waals surface area contributed by atoms with Crippen LogP contribution in [0.15, 0.2) is 24.3 Å². The lowest BCUT2D eigenvalue weighted by Gasteiger charge is -2.36. The lowest BCUT2D eigenvalue weighted by Crippen LogP contribution is -2.49. The van der Waals surface area contributed by atoms with Crippen molar-refractivity contribution in [2.75, 3.05) is 20.3 Å². The van der Waals surface area contributed by atoms with Gasteiger partial charge in [0, 0.05) is 24.8 Å². The number of methoxy groups -OCH3 is 1. The molecule has 2 amide bonds. The van der Waals surface area contributed by atoms with Crippen LogP contribution in [0.25, 0.3) is 0 Å². The lowest BCUT2D eigenvalue weighted by molar-refractivity contribution is -0.0611. The molecule has 0 radical (unpaired) electrons. The number of hydrogen-bond acceptors (Lipinski definition) is 3. The van der Waals surface area contributed by atoms with Gasteiger partial charge in [-0.2, -0.15) is 0 Å². The Kier molecular flexibility index (Phi) is 6.27. The van der Waals surface area contributed by atoms with Crippen molar-refractivity contribution in [1.82, 2.24) is 10.6 Å². The number of nitrogens with one attached hydrogen (secondary N) is 2. The molecule has 0 spiro atoms. The van der Waals surface area contributed by atoms with Gasteiger partial charge >= 0.3 is 6.03 Å². The molecule has 128 valence electrons. The topological polar surface area (TPSA) is 59.6 Å². The van der Waals surface area contributed by atoms with E-state index in [1.807, 2.05) is 26.0 Å². The standard InChI is InChI=1S/C17H25ClN2O3/c1-17(2)10-14(8-9-23-17)19-16(21)20-15(11-22-3)12-4-6-13(18)7-5-12/h4-7,14-15H,8-11H2,1-3H3,(H2,19,20,21)/t14-,15-/m1/s1. The van der Waals surface area contributed by atoms with Crippen molar-refractivity contribution in [3.8, 4) is 0 Å². The molecule has 0 bridgehead atoms. The highest BCUT2D eigenvalue weighted by Gasteiger charge is 2.30. The quantitative estimate of drug-likeness (QED) is 0.864. The second-order valence-electron chi connectivity index (χ2n) is 6.48. The van der Waals surface area contributed by atoms with Crippen molar-refractivity contribution >= 4 is 17.6 Å². The molecule has 1 heterocycles. The Morgan fingerprint density at radius 3 is 2.74 bits per heavy atom. The number of carbonyl (C=O) groups is 1. The average molecular weight is 341 g/mol. The van der Waals surface area contributed by atoms with Crippen molar-refractivity contribution in [3.63, 3.8) is 0 Å².